The summed E-state index contributed by atoms with van der Waals surface area (Å²) in [5.74, 6) is 0.0237. The van der Waals surface area contributed by atoms with Crippen LogP contribution in [0.3, 0.4) is 0 Å². The lowest BCUT2D eigenvalue weighted by atomic mass is 10.1. The minimum absolute atomic E-state index is 0.0179. The van der Waals surface area contributed by atoms with Gasteiger partial charge in [-0.2, -0.15) is 0 Å². The Morgan fingerprint density at radius 1 is 1.48 bits per heavy atom. The molecule has 6 heteroatoms. The van der Waals surface area contributed by atoms with E-state index >= 15 is 0 Å². The Kier molecular flexibility index (Phi) is 5.30. The first-order valence-corrected chi connectivity index (χ1v) is 7.50. The van der Waals surface area contributed by atoms with Gasteiger partial charge in [0, 0.05) is 23.9 Å². The van der Waals surface area contributed by atoms with Crippen molar-refractivity contribution in [2.75, 3.05) is 20.2 Å². The van der Waals surface area contributed by atoms with Crippen LogP contribution in [0.2, 0.25) is 0 Å². The van der Waals surface area contributed by atoms with Gasteiger partial charge in [0.15, 0.2) is 0 Å². The summed E-state index contributed by atoms with van der Waals surface area (Å²) in [6.45, 7) is 2.60. The lowest BCUT2D eigenvalue weighted by molar-refractivity contribution is -0.135. The predicted molar refractivity (Wildman–Crippen MR) is 83.0 cm³/mol. The van der Waals surface area contributed by atoms with E-state index in [1.165, 1.54) is 0 Å². The molecular weight excluding hydrogens is 288 g/mol. The largest absolute Gasteiger partial charge is 0.496 e. The van der Waals surface area contributed by atoms with Crippen LogP contribution in [0.15, 0.2) is 23.6 Å². The molecule has 0 aliphatic carbocycles. The van der Waals surface area contributed by atoms with E-state index in [9.17, 15) is 4.79 Å². The molecule has 0 bridgehead atoms. The summed E-state index contributed by atoms with van der Waals surface area (Å²) in [5.41, 5.74) is 3.08. The van der Waals surface area contributed by atoms with E-state index in [2.05, 4.69) is 16.4 Å². The molecule has 2 N–H and O–H groups in total. The highest BCUT2D eigenvalue weighted by molar-refractivity contribution is 7.09. The Bertz CT molecular complexity index is 625. The quantitative estimate of drug-likeness (QED) is 0.768. The van der Waals surface area contributed by atoms with Crippen LogP contribution in [-0.4, -0.2) is 36.3 Å². The number of thiazole rings is 1. The summed E-state index contributed by atoms with van der Waals surface area (Å²) in [7, 11) is 1.66. The van der Waals surface area contributed by atoms with Gasteiger partial charge in [-0.05, 0) is 30.7 Å². The van der Waals surface area contributed by atoms with E-state index in [0.29, 0.717) is 6.54 Å². The number of rotatable bonds is 7. The van der Waals surface area contributed by atoms with Crippen molar-refractivity contribution in [1.29, 1.82) is 0 Å². The minimum atomic E-state index is -0.844. The summed E-state index contributed by atoms with van der Waals surface area (Å²) in [4.78, 5) is 15.0. The molecule has 0 amide bonds. The minimum Gasteiger partial charge on any atom is -0.496 e. The van der Waals surface area contributed by atoms with Crippen LogP contribution < -0.4 is 10.1 Å². The number of carbonyl (C=O) groups is 1. The van der Waals surface area contributed by atoms with Crippen LogP contribution in [0.5, 0.6) is 5.75 Å². The molecule has 0 atom stereocenters. The third-order valence-corrected chi connectivity index (χ3v) is 3.94. The number of hydrogen-bond donors (Lipinski definition) is 2. The van der Waals surface area contributed by atoms with E-state index in [1.807, 2.05) is 24.4 Å². The number of aliphatic carboxylic acids is 1. The Hall–Kier alpha value is -1.92. The average Bonchev–Trinajstić information content (AvgIpc) is 2.92. The Balaban J connectivity index is 1.99. The number of carboxylic acids is 1. The number of aromatic nitrogens is 1. The highest BCUT2D eigenvalue weighted by Gasteiger charge is 2.07. The molecule has 0 radical (unpaired) electrons. The van der Waals surface area contributed by atoms with Gasteiger partial charge in [-0.1, -0.05) is 0 Å². The van der Waals surface area contributed by atoms with Gasteiger partial charge in [0.1, 0.15) is 5.75 Å². The Morgan fingerprint density at radius 3 is 2.95 bits per heavy atom. The first-order valence-electron chi connectivity index (χ1n) is 6.62. The molecule has 112 valence electrons. The van der Waals surface area contributed by atoms with Crippen molar-refractivity contribution in [2.24, 2.45) is 0 Å². The van der Waals surface area contributed by atoms with Crippen molar-refractivity contribution in [2.45, 2.75) is 13.3 Å². The number of nitrogens with one attached hydrogen (secondary N) is 1. The van der Waals surface area contributed by atoms with Gasteiger partial charge in [-0.3, -0.25) is 4.79 Å². The maximum Gasteiger partial charge on any atom is 0.317 e. The van der Waals surface area contributed by atoms with Crippen LogP contribution in [0, 0.1) is 6.92 Å². The number of carboxylic acid groups (broad SMARTS) is 1. The van der Waals surface area contributed by atoms with Crippen molar-refractivity contribution in [3.05, 3.63) is 34.2 Å². The second-order valence-corrected chi connectivity index (χ2v) is 5.57. The molecular formula is C15H18N2O3S. The highest BCUT2D eigenvalue weighted by Crippen LogP contribution is 2.27. The Morgan fingerprint density at radius 2 is 2.29 bits per heavy atom. The molecule has 0 spiro atoms. The molecule has 5 nitrogen and oxygen atoms in total. The predicted octanol–water partition coefficient (Wildman–Crippen LogP) is 2.34. The van der Waals surface area contributed by atoms with Gasteiger partial charge in [0.05, 0.1) is 24.4 Å². The van der Waals surface area contributed by atoms with Crippen LogP contribution in [0.1, 0.15) is 10.6 Å². The third kappa shape index (κ3) is 4.27. The zero-order valence-corrected chi connectivity index (χ0v) is 12.9. The molecule has 0 fully saturated rings. The van der Waals surface area contributed by atoms with Gasteiger partial charge in [0.2, 0.25) is 0 Å². The molecule has 1 aromatic heterocycles. The number of methoxy groups -OCH3 is 1. The second-order valence-electron chi connectivity index (χ2n) is 4.63. The fourth-order valence-corrected chi connectivity index (χ4v) is 2.79. The first kappa shape index (κ1) is 15.5. The molecule has 0 saturated carbocycles. The van der Waals surface area contributed by atoms with E-state index < -0.39 is 5.97 Å². The molecule has 2 rings (SSSR count). The number of nitrogens with zero attached hydrogens (tertiary/aromatic N) is 1. The molecule has 0 aliphatic rings. The summed E-state index contributed by atoms with van der Waals surface area (Å²) in [5, 5.41) is 14.4. The van der Waals surface area contributed by atoms with E-state index in [0.717, 1.165) is 34.0 Å². The maximum absolute atomic E-state index is 10.4. The molecule has 0 saturated heterocycles. The van der Waals surface area contributed by atoms with Crippen molar-refractivity contribution >= 4 is 17.3 Å². The van der Waals surface area contributed by atoms with Gasteiger partial charge < -0.3 is 15.2 Å². The lowest BCUT2D eigenvalue weighted by Gasteiger charge is -2.05. The van der Waals surface area contributed by atoms with Gasteiger partial charge in [-0.15, -0.1) is 11.3 Å². The molecule has 2 aromatic rings. The number of ether oxygens (including phenoxy) is 1. The monoisotopic (exact) mass is 306 g/mol. The van der Waals surface area contributed by atoms with Crippen molar-refractivity contribution in [3.63, 3.8) is 0 Å². The zero-order chi connectivity index (χ0) is 15.2. The smallest absolute Gasteiger partial charge is 0.317 e. The Labute approximate surface area is 127 Å². The van der Waals surface area contributed by atoms with Gasteiger partial charge in [0.25, 0.3) is 0 Å². The summed E-state index contributed by atoms with van der Waals surface area (Å²) < 4.78 is 5.25. The van der Waals surface area contributed by atoms with Crippen molar-refractivity contribution in [3.8, 4) is 17.0 Å². The van der Waals surface area contributed by atoms with Crippen LogP contribution in [0.4, 0.5) is 0 Å². The number of benzene rings is 1. The topological polar surface area (TPSA) is 71.5 Å². The first-order chi connectivity index (χ1) is 10.1. The molecule has 0 unspecified atom stereocenters. The second kappa shape index (κ2) is 7.19. The van der Waals surface area contributed by atoms with E-state index in [4.69, 9.17) is 9.84 Å². The molecule has 0 aliphatic heterocycles. The lowest BCUT2D eigenvalue weighted by Crippen LogP contribution is -2.24. The van der Waals surface area contributed by atoms with Crippen LogP contribution >= 0.6 is 11.3 Å². The van der Waals surface area contributed by atoms with Gasteiger partial charge in [-0.25, -0.2) is 4.98 Å². The third-order valence-electron chi connectivity index (χ3n) is 3.03. The number of aryl methyl sites for hydroxylation is 1. The normalized spacial score (nSPS) is 10.6. The molecule has 1 aromatic carbocycles. The summed E-state index contributed by atoms with van der Waals surface area (Å²) in [6.07, 6.45) is 0.729. The zero-order valence-electron chi connectivity index (χ0n) is 12.0. The maximum atomic E-state index is 10.4. The molecule has 21 heavy (non-hydrogen) atoms. The summed E-state index contributed by atoms with van der Waals surface area (Å²) >= 11 is 1.59. The summed E-state index contributed by atoms with van der Waals surface area (Å²) in [6, 6.07) is 5.99. The van der Waals surface area contributed by atoms with Crippen molar-refractivity contribution in [1.82, 2.24) is 10.3 Å². The molecule has 1 heterocycles. The van der Waals surface area contributed by atoms with Crippen LogP contribution in [-0.2, 0) is 11.2 Å². The van der Waals surface area contributed by atoms with Crippen LogP contribution in [0.25, 0.3) is 11.3 Å². The van der Waals surface area contributed by atoms with E-state index in [-0.39, 0.29) is 6.54 Å². The SMILES string of the molecule is COc1ccc(-c2csc(CCNCC(=O)O)n2)cc1C. The standard InChI is InChI=1S/C15H18N2O3S/c1-10-7-11(3-4-13(10)20-2)12-9-21-14(17-12)5-6-16-8-15(18)19/h3-4,7,9,16H,5-6,8H2,1-2H3,(H,18,19). The van der Waals surface area contributed by atoms with Gasteiger partial charge >= 0.3 is 5.97 Å². The highest BCUT2D eigenvalue weighted by atomic mass is 32.1. The van der Waals surface area contributed by atoms with Crippen molar-refractivity contribution < 1.29 is 14.6 Å². The fraction of sp³-hybridized carbons (Fsp3) is 0.333. The van der Waals surface area contributed by atoms with E-state index in [1.54, 1.807) is 18.4 Å². The number of hydrogen-bond acceptors (Lipinski definition) is 5. The average molecular weight is 306 g/mol. The fourth-order valence-electron chi connectivity index (χ4n) is 1.99.